The molecule has 3 nitrogen and oxygen atoms in total. The monoisotopic (exact) mass is 888 g/mol. The Morgan fingerprint density at radius 1 is 0.493 bits per heavy atom. The molecule has 10 aromatic carbocycles. The number of furan rings is 1. The number of benzene rings is 10. The van der Waals surface area contributed by atoms with E-state index >= 15 is 0 Å². The first-order chi connectivity index (χ1) is 34.2. The number of aromatic nitrogens is 1. The molecule has 1 aliphatic carbocycles. The summed E-state index contributed by atoms with van der Waals surface area (Å²) in [6.45, 7) is 2.31. The lowest BCUT2D eigenvalue weighted by atomic mass is 9.80. The number of rotatable bonds is 9. The van der Waals surface area contributed by atoms with E-state index in [0.29, 0.717) is 5.92 Å². The molecule has 0 amide bonds. The second kappa shape index (κ2) is 17.2. The van der Waals surface area contributed by atoms with Crippen LogP contribution in [0.2, 0.25) is 0 Å². The minimum atomic E-state index is 0.0632. The second-order valence-electron chi connectivity index (χ2n) is 19.0. The van der Waals surface area contributed by atoms with Crippen LogP contribution in [-0.2, 0) is 0 Å². The van der Waals surface area contributed by atoms with Crippen LogP contribution in [0.5, 0.6) is 0 Å². The van der Waals surface area contributed by atoms with Crippen molar-refractivity contribution in [3.8, 4) is 27.9 Å². The summed E-state index contributed by atoms with van der Waals surface area (Å²) in [6, 6.07) is 82.7. The van der Waals surface area contributed by atoms with E-state index in [1.54, 1.807) is 0 Å². The van der Waals surface area contributed by atoms with Crippen molar-refractivity contribution in [1.29, 1.82) is 0 Å². The molecule has 1 saturated carbocycles. The summed E-state index contributed by atoms with van der Waals surface area (Å²) in [5.41, 5.74) is 17.5. The average Bonchev–Trinajstić information content (AvgIpc) is 3.98. The lowest BCUT2D eigenvalue weighted by Crippen LogP contribution is -2.12. The van der Waals surface area contributed by atoms with Crippen molar-refractivity contribution in [3.63, 3.8) is 0 Å². The van der Waals surface area contributed by atoms with Crippen molar-refractivity contribution >= 4 is 71.6 Å². The molecule has 1 fully saturated rings. The molecule has 0 spiro atoms. The van der Waals surface area contributed by atoms with Crippen LogP contribution < -0.4 is 4.90 Å². The van der Waals surface area contributed by atoms with Crippen LogP contribution in [0.15, 0.2) is 229 Å². The van der Waals surface area contributed by atoms with Gasteiger partial charge in [0.25, 0.3) is 0 Å². The smallest absolute Gasteiger partial charge is 0.139 e. The van der Waals surface area contributed by atoms with Gasteiger partial charge in [-0.3, -0.25) is 0 Å². The average molecular weight is 889 g/mol. The van der Waals surface area contributed by atoms with Gasteiger partial charge in [0.15, 0.2) is 0 Å². The highest BCUT2D eigenvalue weighted by Crippen LogP contribution is 2.48. The zero-order valence-electron chi connectivity index (χ0n) is 38.9. The summed E-state index contributed by atoms with van der Waals surface area (Å²) >= 11 is 0. The number of fused-ring (bicyclic) bond motifs is 7. The standard InChI is InChI=1S/C66H52N2O/c1-44(52-33-18-37-58-56-31-10-13-41-63(56)69-66(52)58)47-24-14-28-50(42-47)67(60-38-11-8-30-55(60)57-36-17-23-46-22-16-34-53(64(46)57)45-20-4-2-5-21-45)51-29-15-25-48(43-51)54-35-19-40-62-65(54)59-32-9-12-39-61(59)68(62)49-26-6-3-7-27-49/h3,6-19,22-45H,2,4-5,20-21H2,1H3/t44-/m0/s1. The third kappa shape index (κ3) is 7.03. The first kappa shape index (κ1) is 41.1. The van der Waals surface area contributed by atoms with E-state index in [9.17, 15) is 0 Å². The minimum absolute atomic E-state index is 0.0632. The predicted octanol–water partition coefficient (Wildman–Crippen LogP) is 18.8. The Bertz CT molecular complexity index is 3860. The van der Waals surface area contributed by atoms with E-state index in [4.69, 9.17) is 4.42 Å². The number of para-hydroxylation sites is 5. The van der Waals surface area contributed by atoms with Crippen LogP contribution in [0.25, 0.3) is 82.5 Å². The summed E-state index contributed by atoms with van der Waals surface area (Å²) in [6.07, 6.45) is 6.42. The van der Waals surface area contributed by atoms with Crippen LogP contribution in [0.1, 0.15) is 67.6 Å². The van der Waals surface area contributed by atoms with Gasteiger partial charge in [-0.05, 0) is 118 Å². The first-order valence-corrected chi connectivity index (χ1v) is 24.8. The molecule has 0 radical (unpaired) electrons. The Morgan fingerprint density at radius 2 is 1.14 bits per heavy atom. The van der Waals surface area contributed by atoms with Crippen molar-refractivity contribution in [1.82, 2.24) is 4.57 Å². The molecule has 0 N–H and O–H groups in total. The van der Waals surface area contributed by atoms with E-state index in [1.165, 1.54) is 104 Å². The number of hydrogen-bond donors (Lipinski definition) is 0. The molecule has 0 unspecified atom stereocenters. The van der Waals surface area contributed by atoms with Gasteiger partial charge in [-0.15, -0.1) is 0 Å². The normalized spacial score (nSPS) is 13.8. The fourth-order valence-electron chi connectivity index (χ4n) is 11.8. The zero-order valence-corrected chi connectivity index (χ0v) is 38.9. The highest BCUT2D eigenvalue weighted by atomic mass is 16.3. The van der Waals surface area contributed by atoms with Gasteiger partial charge in [0.1, 0.15) is 11.2 Å². The minimum Gasteiger partial charge on any atom is -0.456 e. The maximum atomic E-state index is 6.62. The second-order valence-corrected chi connectivity index (χ2v) is 19.0. The van der Waals surface area contributed by atoms with Crippen molar-refractivity contribution in [2.75, 3.05) is 4.90 Å². The zero-order chi connectivity index (χ0) is 45.8. The molecule has 1 atom stereocenters. The van der Waals surface area contributed by atoms with Gasteiger partial charge in [-0.25, -0.2) is 0 Å². The van der Waals surface area contributed by atoms with Gasteiger partial charge < -0.3 is 13.9 Å². The molecule has 0 bridgehead atoms. The molecule has 13 rings (SSSR count). The lowest BCUT2D eigenvalue weighted by molar-refractivity contribution is 0.445. The predicted molar refractivity (Wildman–Crippen MR) is 291 cm³/mol. The Morgan fingerprint density at radius 3 is 2.03 bits per heavy atom. The maximum Gasteiger partial charge on any atom is 0.139 e. The molecular weight excluding hydrogens is 837 g/mol. The first-order valence-electron chi connectivity index (χ1n) is 24.8. The summed E-state index contributed by atoms with van der Waals surface area (Å²) in [4.78, 5) is 2.51. The quantitative estimate of drug-likeness (QED) is 0.144. The molecular formula is C66H52N2O. The molecule has 2 heterocycles. The molecule has 0 aliphatic heterocycles. The summed E-state index contributed by atoms with van der Waals surface area (Å²) < 4.78 is 9.03. The highest BCUT2D eigenvalue weighted by molar-refractivity contribution is 6.16. The van der Waals surface area contributed by atoms with Gasteiger partial charge in [0, 0.05) is 55.7 Å². The molecule has 1 aliphatic rings. The highest BCUT2D eigenvalue weighted by Gasteiger charge is 2.25. The van der Waals surface area contributed by atoms with Gasteiger partial charge in [0.05, 0.1) is 16.7 Å². The Labute approximate surface area is 403 Å². The van der Waals surface area contributed by atoms with Gasteiger partial charge >= 0.3 is 0 Å². The lowest BCUT2D eigenvalue weighted by Gasteiger charge is -2.30. The van der Waals surface area contributed by atoms with Crippen LogP contribution in [0, 0.1) is 0 Å². The number of nitrogens with zero attached hydrogens (tertiary/aromatic N) is 2. The Kier molecular flexibility index (Phi) is 10.2. The fraction of sp³-hybridized carbons (Fsp3) is 0.121. The van der Waals surface area contributed by atoms with Crippen LogP contribution in [0.4, 0.5) is 17.1 Å². The van der Waals surface area contributed by atoms with Crippen molar-refractivity contribution in [2.24, 2.45) is 0 Å². The van der Waals surface area contributed by atoms with Crippen molar-refractivity contribution in [2.45, 2.75) is 50.9 Å². The van der Waals surface area contributed by atoms with E-state index in [2.05, 4.69) is 241 Å². The third-order valence-corrected chi connectivity index (χ3v) is 15.1. The van der Waals surface area contributed by atoms with Crippen LogP contribution >= 0.6 is 0 Å². The number of hydrogen-bond acceptors (Lipinski definition) is 2. The SMILES string of the molecule is C[C@@H](c1cccc(N(c2cccc(-c3cccc4c3c3ccccc3n4-c3ccccc3)c2)c2ccccc2-c2cccc3cccc(C4CCCCC4)c23)c1)c1cccc2c1oc1ccccc12. The number of anilines is 3. The molecule has 0 saturated heterocycles. The maximum absolute atomic E-state index is 6.62. The van der Waals surface area contributed by atoms with Crippen molar-refractivity contribution in [3.05, 3.63) is 241 Å². The van der Waals surface area contributed by atoms with E-state index in [0.717, 1.165) is 44.7 Å². The molecule has 3 heteroatoms. The van der Waals surface area contributed by atoms with Gasteiger partial charge in [0.2, 0.25) is 0 Å². The molecule has 69 heavy (non-hydrogen) atoms. The summed E-state index contributed by atoms with van der Waals surface area (Å²) in [5.74, 6) is 0.627. The molecule has 332 valence electrons. The van der Waals surface area contributed by atoms with E-state index < -0.39 is 0 Å². The van der Waals surface area contributed by atoms with Crippen molar-refractivity contribution < 1.29 is 4.42 Å². The summed E-state index contributed by atoms with van der Waals surface area (Å²) in [5, 5.41) is 7.49. The van der Waals surface area contributed by atoms with Gasteiger partial charge in [-0.1, -0.05) is 190 Å². The van der Waals surface area contributed by atoms with E-state index in [-0.39, 0.29) is 5.92 Å². The Hall–Kier alpha value is -8.14. The molecule has 2 aromatic heterocycles. The Balaban J connectivity index is 1.02. The van der Waals surface area contributed by atoms with Gasteiger partial charge in [-0.2, -0.15) is 0 Å². The topological polar surface area (TPSA) is 21.3 Å². The molecule has 12 aromatic rings. The largest absolute Gasteiger partial charge is 0.456 e. The fourth-order valence-corrected chi connectivity index (χ4v) is 11.8. The summed E-state index contributed by atoms with van der Waals surface area (Å²) in [7, 11) is 0. The van der Waals surface area contributed by atoms with Crippen LogP contribution in [0.3, 0.4) is 0 Å². The van der Waals surface area contributed by atoms with E-state index in [1.807, 2.05) is 0 Å². The third-order valence-electron chi connectivity index (χ3n) is 15.1. The van der Waals surface area contributed by atoms with Crippen LogP contribution in [-0.4, -0.2) is 4.57 Å².